The molecular formula is C18H21N3OS. The van der Waals surface area contributed by atoms with Crippen molar-refractivity contribution in [2.24, 2.45) is 0 Å². The van der Waals surface area contributed by atoms with Crippen molar-refractivity contribution in [1.82, 2.24) is 10.3 Å². The fourth-order valence-electron chi connectivity index (χ4n) is 2.29. The summed E-state index contributed by atoms with van der Waals surface area (Å²) in [4.78, 5) is 16.6. The molecule has 0 bridgehead atoms. The van der Waals surface area contributed by atoms with Crippen LogP contribution in [-0.4, -0.2) is 22.2 Å². The van der Waals surface area contributed by atoms with Gasteiger partial charge in [0, 0.05) is 10.9 Å². The predicted octanol–water partition coefficient (Wildman–Crippen LogP) is 3.73. The zero-order valence-corrected chi connectivity index (χ0v) is 15.0. The highest BCUT2D eigenvalue weighted by Crippen LogP contribution is 2.28. The molecule has 1 aromatic heterocycles. The van der Waals surface area contributed by atoms with Gasteiger partial charge in [0.15, 0.2) is 0 Å². The highest BCUT2D eigenvalue weighted by Gasteiger charge is 2.16. The van der Waals surface area contributed by atoms with Crippen molar-refractivity contribution in [2.45, 2.75) is 45.2 Å². The van der Waals surface area contributed by atoms with E-state index in [9.17, 15) is 10.1 Å². The van der Waals surface area contributed by atoms with Gasteiger partial charge in [-0.05, 0) is 51.8 Å². The first kappa shape index (κ1) is 17.3. The molecule has 1 heterocycles. The van der Waals surface area contributed by atoms with Gasteiger partial charge in [-0.25, -0.2) is 4.98 Å². The summed E-state index contributed by atoms with van der Waals surface area (Å²) in [7, 11) is 0. The highest BCUT2D eigenvalue weighted by atomic mass is 32.2. The van der Waals surface area contributed by atoms with Gasteiger partial charge in [0.05, 0.1) is 16.8 Å². The molecule has 0 fully saturated rings. The lowest BCUT2D eigenvalue weighted by molar-refractivity contribution is -0.119. The molecule has 0 saturated heterocycles. The lowest BCUT2D eigenvalue weighted by Crippen LogP contribution is -2.41. The van der Waals surface area contributed by atoms with Gasteiger partial charge in [-0.1, -0.05) is 23.9 Å². The van der Waals surface area contributed by atoms with E-state index in [1.807, 2.05) is 52.8 Å². The summed E-state index contributed by atoms with van der Waals surface area (Å²) in [5.41, 5.74) is 3.30. The van der Waals surface area contributed by atoms with Crippen molar-refractivity contribution >= 4 is 28.6 Å². The van der Waals surface area contributed by atoms with Crippen LogP contribution in [0.1, 0.15) is 37.5 Å². The Bertz CT molecular complexity index is 800. The SMILES string of the molecule is Cc1ccc(C)c2nc(SCC(=O)NC(C)(C)C)c(C#N)cc12. The maximum atomic E-state index is 12.0. The number of pyridine rings is 1. The molecule has 0 saturated carbocycles. The molecule has 0 aliphatic heterocycles. The lowest BCUT2D eigenvalue weighted by Gasteiger charge is -2.20. The largest absolute Gasteiger partial charge is 0.351 e. The molecule has 5 heteroatoms. The van der Waals surface area contributed by atoms with Crippen LogP contribution in [0.25, 0.3) is 10.9 Å². The monoisotopic (exact) mass is 327 g/mol. The molecule has 0 aliphatic carbocycles. The molecule has 23 heavy (non-hydrogen) atoms. The second-order valence-electron chi connectivity index (χ2n) is 6.64. The number of rotatable bonds is 3. The fourth-order valence-corrected chi connectivity index (χ4v) is 3.05. The van der Waals surface area contributed by atoms with Gasteiger partial charge in [-0.2, -0.15) is 5.26 Å². The number of benzene rings is 1. The van der Waals surface area contributed by atoms with E-state index < -0.39 is 0 Å². The topological polar surface area (TPSA) is 65.8 Å². The van der Waals surface area contributed by atoms with E-state index in [4.69, 9.17) is 0 Å². The van der Waals surface area contributed by atoms with E-state index in [1.54, 1.807) is 0 Å². The third kappa shape index (κ3) is 4.23. The summed E-state index contributed by atoms with van der Waals surface area (Å²) < 4.78 is 0. The summed E-state index contributed by atoms with van der Waals surface area (Å²) in [6.45, 7) is 9.83. The third-order valence-electron chi connectivity index (χ3n) is 3.34. The van der Waals surface area contributed by atoms with Crippen molar-refractivity contribution in [1.29, 1.82) is 5.26 Å². The van der Waals surface area contributed by atoms with Crippen LogP contribution in [0.4, 0.5) is 0 Å². The second-order valence-corrected chi connectivity index (χ2v) is 7.60. The Hall–Kier alpha value is -2.06. The van der Waals surface area contributed by atoms with E-state index in [2.05, 4.69) is 16.4 Å². The first-order valence-electron chi connectivity index (χ1n) is 7.46. The Morgan fingerprint density at radius 1 is 1.30 bits per heavy atom. The van der Waals surface area contributed by atoms with E-state index in [-0.39, 0.29) is 17.2 Å². The molecule has 0 unspecified atom stereocenters. The number of amides is 1. The van der Waals surface area contributed by atoms with Crippen LogP contribution in [0.2, 0.25) is 0 Å². The number of aryl methyl sites for hydroxylation is 2. The summed E-state index contributed by atoms with van der Waals surface area (Å²) in [5, 5.41) is 13.9. The average molecular weight is 327 g/mol. The minimum Gasteiger partial charge on any atom is -0.351 e. The summed E-state index contributed by atoms with van der Waals surface area (Å²) >= 11 is 1.30. The minimum atomic E-state index is -0.264. The van der Waals surface area contributed by atoms with Crippen molar-refractivity contribution in [3.05, 3.63) is 34.9 Å². The van der Waals surface area contributed by atoms with Gasteiger partial charge < -0.3 is 5.32 Å². The summed E-state index contributed by atoms with van der Waals surface area (Å²) in [6, 6.07) is 8.12. The van der Waals surface area contributed by atoms with E-state index in [0.29, 0.717) is 10.6 Å². The molecule has 0 aliphatic rings. The van der Waals surface area contributed by atoms with Crippen LogP contribution >= 0.6 is 11.8 Å². The van der Waals surface area contributed by atoms with Crippen molar-refractivity contribution in [2.75, 3.05) is 5.75 Å². The average Bonchev–Trinajstić information content (AvgIpc) is 2.46. The van der Waals surface area contributed by atoms with Gasteiger partial charge in [0.2, 0.25) is 5.91 Å². The Morgan fingerprint density at radius 3 is 2.57 bits per heavy atom. The van der Waals surface area contributed by atoms with Gasteiger partial charge in [0.1, 0.15) is 11.1 Å². The van der Waals surface area contributed by atoms with Crippen LogP contribution in [0.5, 0.6) is 0 Å². The number of fused-ring (bicyclic) bond motifs is 1. The molecule has 1 amide bonds. The second kappa shape index (κ2) is 6.59. The number of aromatic nitrogens is 1. The van der Waals surface area contributed by atoms with Crippen LogP contribution in [-0.2, 0) is 4.79 Å². The molecule has 120 valence electrons. The third-order valence-corrected chi connectivity index (χ3v) is 4.34. The van der Waals surface area contributed by atoms with Crippen LogP contribution in [0.15, 0.2) is 23.2 Å². The molecule has 0 spiro atoms. The van der Waals surface area contributed by atoms with Gasteiger partial charge >= 0.3 is 0 Å². The number of nitrogens with zero attached hydrogens (tertiary/aromatic N) is 2. The highest BCUT2D eigenvalue weighted by molar-refractivity contribution is 8.00. The molecule has 0 atom stereocenters. The maximum absolute atomic E-state index is 12.0. The van der Waals surface area contributed by atoms with Crippen LogP contribution in [0.3, 0.4) is 0 Å². The Morgan fingerprint density at radius 2 is 1.96 bits per heavy atom. The van der Waals surface area contributed by atoms with Crippen molar-refractivity contribution in [3.8, 4) is 6.07 Å². The van der Waals surface area contributed by atoms with Crippen LogP contribution in [0, 0.1) is 25.2 Å². The van der Waals surface area contributed by atoms with E-state index in [0.717, 1.165) is 22.0 Å². The number of hydrogen-bond donors (Lipinski definition) is 1. The molecule has 1 N–H and O–H groups in total. The maximum Gasteiger partial charge on any atom is 0.230 e. The van der Waals surface area contributed by atoms with Gasteiger partial charge in [0.25, 0.3) is 0 Å². The number of hydrogen-bond acceptors (Lipinski definition) is 4. The number of nitrogens with one attached hydrogen (secondary N) is 1. The van der Waals surface area contributed by atoms with E-state index in [1.165, 1.54) is 11.8 Å². The van der Waals surface area contributed by atoms with Crippen molar-refractivity contribution in [3.63, 3.8) is 0 Å². The lowest BCUT2D eigenvalue weighted by atomic mass is 10.0. The zero-order valence-electron chi connectivity index (χ0n) is 14.2. The standard InChI is InChI=1S/C18H21N3OS/c1-11-6-7-12(2)16-14(11)8-13(9-19)17(20-16)23-10-15(22)21-18(3,4)5/h6-8H,10H2,1-5H3,(H,21,22). The number of carbonyl (C=O) groups excluding carboxylic acids is 1. The molecule has 4 nitrogen and oxygen atoms in total. The quantitative estimate of drug-likeness (QED) is 0.872. The zero-order chi connectivity index (χ0) is 17.2. The molecule has 1 aromatic carbocycles. The Balaban J connectivity index is 2.32. The molecule has 2 aromatic rings. The fraction of sp³-hybridized carbons (Fsp3) is 0.389. The minimum absolute atomic E-state index is 0.0609. The first-order chi connectivity index (χ1) is 10.7. The number of nitriles is 1. The van der Waals surface area contributed by atoms with Gasteiger partial charge in [-0.3, -0.25) is 4.79 Å². The summed E-state index contributed by atoms with van der Waals surface area (Å²) in [5.74, 6) is 0.184. The van der Waals surface area contributed by atoms with Crippen molar-refractivity contribution < 1.29 is 4.79 Å². The molecule has 2 rings (SSSR count). The normalized spacial score (nSPS) is 11.3. The summed E-state index contributed by atoms with van der Waals surface area (Å²) in [6.07, 6.45) is 0. The number of carbonyl (C=O) groups is 1. The molecular weight excluding hydrogens is 306 g/mol. The Labute approximate surface area is 141 Å². The van der Waals surface area contributed by atoms with Gasteiger partial charge in [-0.15, -0.1) is 0 Å². The smallest absolute Gasteiger partial charge is 0.230 e. The molecule has 0 radical (unpaired) electrons. The van der Waals surface area contributed by atoms with E-state index >= 15 is 0 Å². The first-order valence-corrected chi connectivity index (χ1v) is 8.44. The number of thioether (sulfide) groups is 1. The Kier molecular flexibility index (Phi) is 4.96. The predicted molar refractivity (Wildman–Crippen MR) is 94.6 cm³/mol. The van der Waals surface area contributed by atoms with Crippen LogP contribution < -0.4 is 5.32 Å².